The van der Waals surface area contributed by atoms with Gasteiger partial charge in [0.1, 0.15) is 0 Å². The van der Waals surface area contributed by atoms with Crippen LogP contribution < -0.4 is 10.6 Å². The van der Waals surface area contributed by atoms with Gasteiger partial charge in [0, 0.05) is 23.5 Å². The number of carbonyl (C=O) groups excluding carboxylic acids is 1. The van der Waals surface area contributed by atoms with Gasteiger partial charge in [-0.05, 0) is 61.5 Å². The van der Waals surface area contributed by atoms with Crippen molar-refractivity contribution in [3.05, 3.63) is 78.6 Å². The van der Waals surface area contributed by atoms with Crippen LogP contribution in [0.5, 0.6) is 0 Å². The number of carbonyl (C=O) groups is 1. The van der Waals surface area contributed by atoms with Crippen LogP contribution in [0.3, 0.4) is 0 Å². The number of hydrogen-bond donors (Lipinski definition) is 2. The average molecular weight is 345 g/mol. The van der Waals surface area contributed by atoms with E-state index in [4.69, 9.17) is 0 Å². The summed E-state index contributed by atoms with van der Waals surface area (Å²) in [5.74, 6) is 0. The molecular weight excluding hydrogens is 322 g/mol. The topological polar surface area (TPSA) is 54.0 Å². The first-order valence-corrected chi connectivity index (χ1v) is 8.54. The number of anilines is 1. The molecule has 1 heterocycles. The zero-order valence-electron chi connectivity index (χ0n) is 15.3. The molecule has 26 heavy (non-hydrogen) atoms. The summed E-state index contributed by atoms with van der Waals surface area (Å²) in [5, 5.41) is 8.02. The molecule has 0 bridgehead atoms. The lowest BCUT2D eigenvalue weighted by atomic mass is 9.92. The molecule has 0 saturated carbocycles. The van der Waals surface area contributed by atoms with Crippen molar-refractivity contribution in [2.45, 2.75) is 26.3 Å². The molecule has 0 aliphatic heterocycles. The van der Waals surface area contributed by atoms with E-state index in [1.54, 1.807) is 12.4 Å². The second-order valence-electron chi connectivity index (χ2n) is 7.00. The smallest absolute Gasteiger partial charge is 0.319 e. The van der Waals surface area contributed by atoms with Crippen molar-refractivity contribution in [1.82, 2.24) is 10.3 Å². The Morgan fingerprint density at radius 3 is 2.65 bits per heavy atom. The second kappa shape index (κ2) is 7.00. The zero-order chi connectivity index (χ0) is 18.7. The van der Waals surface area contributed by atoms with Gasteiger partial charge in [0.25, 0.3) is 0 Å². The number of allylic oxidation sites excluding steroid dienone is 1. The van der Waals surface area contributed by atoms with Gasteiger partial charge in [-0.3, -0.25) is 4.98 Å². The highest BCUT2D eigenvalue weighted by molar-refractivity contribution is 5.93. The molecule has 1 aromatic heterocycles. The highest BCUT2D eigenvalue weighted by Gasteiger charge is 2.23. The monoisotopic (exact) mass is 345 g/mol. The number of benzene rings is 2. The van der Waals surface area contributed by atoms with Crippen molar-refractivity contribution in [3.8, 4) is 0 Å². The van der Waals surface area contributed by atoms with Crippen LogP contribution in [0.2, 0.25) is 0 Å². The molecule has 4 nitrogen and oxygen atoms in total. The van der Waals surface area contributed by atoms with Gasteiger partial charge in [0.05, 0.1) is 5.54 Å². The largest absolute Gasteiger partial charge is 0.329 e. The van der Waals surface area contributed by atoms with Crippen LogP contribution in [0.4, 0.5) is 10.5 Å². The van der Waals surface area contributed by atoms with Gasteiger partial charge >= 0.3 is 6.03 Å². The van der Waals surface area contributed by atoms with Crippen LogP contribution in [0.15, 0.2) is 67.5 Å². The summed E-state index contributed by atoms with van der Waals surface area (Å²) in [6.07, 6.45) is 3.54. The Labute approximate surface area is 154 Å². The van der Waals surface area contributed by atoms with Crippen molar-refractivity contribution < 1.29 is 4.79 Å². The van der Waals surface area contributed by atoms with E-state index in [1.807, 2.05) is 63.2 Å². The molecule has 0 unspecified atom stereocenters. The Kier molecular flexibility index (Phi) is 4.76. The first kappa shape index (κ1) is 17.7. The summed E-state index contributed by atoms with van der Waals surface area (Å²) in [6.45, 7) is 9.92. The van der Waals surface area contributed by atoms with Gasteiger partial charge in [0.2, 0.25) is 0 Å². The fourth-order valence-electron chi connectivity index (χ4n) is 2.85. The number of nitrogens with one attached hydrogen (secondary N) is 2. The average Bonchev–Trinajstić information content (AvgIpc) is 2.61. The van der Waals surface area contributed by atoms with Crippen molar-refractivity contribution in [1.29, 1.82) is 0 Å². The third kappa shape index (κ3) is 3.91. The Bertz CT molecular complexity index is 976. The number of amides is 2. The zero-order valence-corrected chi connectivity index (χ0v) is 15.3. The Morgan fingerprint density at radius 1 is 1.08 bits per heavy atom. The Morgan fingerprint density at radius 2 is 1.88 bits per heavy atom. The molecule has 2 N–H and O–H groups in total. The molecule has 0 saturated heterocycles. The molecule has 0 atom stereocenters. The fraction of sp³-hybridized carbons (Fsp3) is 0.182. The summed E-state index contributed by atoms with van der Waals surface area (Å²) in [7, 11) is 0. The first-order valence-electron chi connectivity index (χ1n) is 8.54. The lowest BCUT2D eigenvalue weighted by Gasteiger charge is -2.27. The summed E-state index contributed by atoms with van der Waals surface area (Å²) < 4.78 is 0. The molecule has 3 rings (SSSR count). The lowest BCUT2D eigenvalue weighted by Crippen LogP contribution is -2.43. The molecule has 0 spiro atoms. The third-order valence-electron chi connectivity index (χ3n) is 4.40. The van der Waals surface area contributed by atoms with E-state index < -0.39 is 5.54 Å². The van der Waals surface area contributed by atoms with Gasteiger partial charge in [-0.2, -0.15) is 0 Å². The molecule has 0 radical (unpaired) electrons. The van der Waals surface area contributed by atoms with Gasteiger partial charge in [0.15, 0.2) is 0 Å². The van der Waals surface area contributed by atoms with Gasteiger partial charge in [-0.25, -0.2) is 4.79 Å². The lowest BCUT2D eigenvalue weighted by molar-refractivity contribution is 0.242. The number of hydrogen-bond acceptors (Lipinski definition) is 2. The Hall–Kier alpha value is -3.14. The normalized spacial score (nSPS) is 11.2. The minimum absolute atomic E-state index is 0.246. The van der Waals surface area contributed by atoms with E-state index in [2.05, 4.69) is 28.3 Å². The van der Waals surface area contributed by atoms with Crippen LogP contribution in [0.25, 0.3) is 16.3 Å². The fourth-order valence-corrected chi connectivity index (χ4v) is 2.85. The molecule has 2 aromatic carbocycles. The van der Waals surface area contributed by atoms with E-state index in [9.17, 15) is 4.79 Å². The number of pyridine rings is 1. The molecular formula is C22H23N3O. The molecule has 2 amide bonds. The number of aromatic nitrogens is 1. The van der Waals surface area contributed by atoms with E-state index in [0.29, 0.717) is 0 Å². The minimum Gasteiger partial charge on any atom is -0.329 e. The SMILES string of the molecule is C=C(C)c1cccc(C(C)(C)NC(=O)Nc2ccc3cnccc3c2)c1. The van der Waals surface area contributed by atoms with Crippen molar-refractivity contribution in [2.24, 2.45) is 0 Å². The number of nitrogens with zero attached hydrogens (tertiary/aromatic N) is 1. The van der Waals surface area contributed by atoms with Crippen LogP contribution in [0, 0.1) is 0 Å². The minimum atomic E-state index is -0.518. The van der Waals surface area contributed by atoms with Gasteiger partial charge in [-0.15, -0.1) is 0 Å². The van der Waals surface area contributed by atoms with E-state index in [0.717, 1.165) is 33.2 Å². The summed E-state index contributed by atoms with van der Waals surface area (Å²) in [6, 6.07) is 15.5. The standard InChI is InChI=1S/C22H23N3O/c1-15(2)16-6-5-7-19(12-16)22(3,4)25-21(26)24-20-9-8-18-14-23-11-10-17(18)13-20/h5-14H,1H2,2-4H3,(H2,24,25,26). The predicted molar refractivity (Wildman–Crippen MR) is 108 cm³/mol. The van der Waals surface area contributed by atoms with E-state index >= 15 is 0 Å². The number of fused-ring (bicyclic) bond motifs is 1. The molecule has 0 fully saturated rings. The maximum absolute atomic E-state index is 12.5. The Balaban J connectivity index is 1.75. The molecule has 3 aromatic rings. The van der Waals surface area contributed by atoms with Crippen LogP contribution in [0.1, 0.15) is 31.9 Å². The molecule has 132 valence electrons. The second-order valence-corrected chi connectivity index (χ2v) is 7.00. The van der Waals surface area contributed by atoms with Crippen molar-refractivity contribution >= 4 is 28.1 Å². The van der Waals surface area contributed by atoms with Crippen LogP contribution in [-0.2, 0) is 5.54 Å². The van der Waals surface area contributed by atoms with Gasteiger partial charge < -0.3 is 10.6 Å². The summed E-state index contributed by atoms with van der Waals surface area (Å²) >= 11 is 0. The quantitative estimate of drug-likeness (QED) is 0.672. The maximum atomic E-state index is 12.5. The molecule has 4 heteroatoms. The highest BCUT2D eigenvalue weighted by Crippen LogP contribution is 2.24. The third-order valence-corrected chi connectivity index (χ3v) is 4.40. The maximum Gasteiger partial charge on any atom is 0.319 e. The summed E-state index contributed by atoms with van der Waals surface area (Å²) in [4.78, 5) is 16.6. The number of rotatable bonds is 4. The molecule has 0 aliphatic rings. The van der Waals surface area contributed by atoms with Crippen molar-refractivity contribution in [2.75, 3.05) is 5.32 Å². The van der Waals surface area contributed by atoms with E-state index in [-0.39, 0.29) is 6.03 Å². The predicted octanol–water partition coefficient (Wildman–Crippen LogP) is 5.32. The van der Waals surface area contributed by atoms with Crippen LogP contribution in [-0.4, -0.2) is 11.0 Å². The highest BCUT2D eigenvalue weighted by atomic mass is 16.2. The molecule has 0 aliphatic carbocycles. The first-order chi connectivity index (χ1) is 12.3. The van der Waals surface area contributed by atoms with E-state index in [1.165, 1.54) is 0 Å². The van der Waals surface area contributed by atoms with Crippen LogP contribution >= 0.6 is 0 Å². The number of urea groups is 1. The van der Waals surface area contributed by atoms with Crippen molar-refractivity contribution in [3.63, 3.8) is 0 Å². The van der Waals surface area contributed by atoms with Gasteiger partial charge in [-0.1, -0.05) is 36.4 Å². The summed E-state index contributed by atoms with van der Waals surface area (Å²) in [5.41, 5.74) is 3.32.